The molecular weight excluding hydrogens is 266 g/mol. The van der Waals surface area contributed by atoms with Crippen molar-refractivity contribution in [2.45, 2.75) is 58.2 Å². The van der Waals surface area contributed by atoms with E-state index in [4.69, 9.17) is 0 Å². The summed E-state index contributed by atoms with van der Waals surface area (Å²) in [5, 5.41) is 13.0. The highest BCUT2D eigenvalue weighted by Gasteiger charge is 2.33. The van der Waals surface area contributed by atoms with Crippen LogP contribution in [0.3, 0.4) is 0 Å². The summed E-state index contributed by atoms with van der Waals surface area (Å²) in [5.41, 5.74) is 0. The van der Waals surface area contributed by atoms with E-state index >= 15 is 0 Å². The van der Waals surface area contributed by atoms with Crippen molar-refractivity contribution in [1.29, 1.82) is 0 Å². The van der Waals surface area contributed by atoms with Gasteiger partial charge in [0.1, 0.15) is 0 Å². The molecule has 0 bridgehead atoms. The zero-order chi connectivity index (χ0) is 15.4. The first-order chi connectivity index (χ1) is 10.0. The zero-order valence-corrected chi connectivity index (χ0v) is 13.7. The van der Waals surface area contributed by atoms with Gasteiger partial charge in [-0.1, -0.05) is 6.92 Å². The molecule has 5 nitrogen and oxygen atoms in total. The zero-order valence-electron chi connectivity index (χ0n) is 13.7. The summed E-state index contributed by atoms with van der Waals surface area (Å²) in [6.07, 6.45) is 2.66. The van der Waals surface area contributed by atoms with E-state index in [9.17, 15) is 9.90 Å². The fourth-order valence-electron chi connectivity index (χ4n) is 3.67. The normalized spacial score (nSPS) is 33.0. The Bertz CT molecular complexity index is 348. The lowest BCUT2D eigenvalue weighted by molar-refractivity contribution is -0.140. The standard InChI is InChI=1S/C16H31N3O2/c1-4-15-11-19(8-7-18(15)10-13(3)20)16(21)14-5-6-17-12(2)9-14/h12-15,17,20H,4-11H2,1-3H3/t12-,13?,14-,15?/m0/s1. The number of hydrogen-bond acceptors (Lipinski definition) is 4. The average Bonchev–Trinajstić information content (AvgIpc) is 2.46. The Labute approximate surface area is 128 Å². The van der Waals surface area contributed by atoms with Gasteiger partial charge in [-0.25, -0.2) is 0 Å². The molecule has 4 atom stereocenters. The number of β-amino-alcohol motifs (C(OH)–C–C–N with tert-alkyl or cyclic N) is 1. The molecule has 0 aromatic rings. The molecule has 0 saturated carbocycles. The van der Waals surface area contributed by atoms with Crippen LogP contribution in [0.4, 0.5) is 0 Å². The van der Waals surface area contributed by atoms with E-state index in [0.29, 0.717) is 24.5 Å². The van der Waals surface area contributed by atoms with Crippen LogP contribution in [0.15, 0.2) is 0 Å². The van der Waals surface area contributed by atoms with Crippen molar-refractivity contribution in [3.8, 4) is 0 Å². The third-order valence-electron chi connectivity index (χ3n) is 4.86. The molecule has 2 aliphatic heterocycles. The van der Waals surface area contributed by atoms with E-state index < -0.39 is 0 Å². The molecule has 0 radical (unpaired) electrons. The molecule has 1 amide bonds. The number of rotatable bonds is 4. The first-order valence-electron chi connectivity index (χ1n) is 8.45. The van der Waals surface area contributed by atoms with Crippen molar-refractivity contribution in [3.63, 3.8) is 0 Å². The van der Waals surface area contributed by atoms with Crippen LogP contribution in [-0.2, 0) is 4.79 Å². The van der Waals surface area contributed by atoms with Crippen LogP contribution in [0.5, 0.6) is 0 Å². The molecule has 21 heavy (non-hydrogen) atoms. The van der Waals surface area contributed by atoms with Gasteiger partial charge >= 0.3 is 0 Å². The minimum atomic E-state index is -0.299. The minimum absolute atomic E-state index is 0.196. The Kier molecular flexibility index (Phi) is 6.02. The van der Waals surface area contributed by atoms with Crippen LogP contribution in [0, 0.1) is 5.92 Å². The highest BCUT2D eigenvalue weighted by atomic mass is 16.3. The molecule has 2 saturated heterocycles. The van der Waals surface area contributed by atoms with Crippen molar-refractivity contribution in [2.75, 3.05) is 32.7 Å². The highest BCUT2D eigenvalue weighted by molar-refractivity contribution is 5.79. The van der Waals surface area contributed by atoms with Crippen LogP contribution >= 0.6 is 0 Å². The number of hydrogen-bond donors (Lipinski definition) is 2. The summed E-state index contributed by atoms with van der Waals surface area (Å²) in [5.74, 6) is 0.542. The van der Waals surface area contributed by atoms with Crippen LogP contribution in [0.2, 0.25) is 0 Å². The molecule has 0 spiro atoms. The number of aliphatic hydroxyl groups is 1. The maximum atomic E-state index is 12.7. The summed E-state index contributed by atoms with van der Waals surface area (Å²) in [6.45, 7) is 10.3. The highest BCUT2D eigenvalue weighted by Crippen LogP contribution is 2.22. The third kappa shape index (κ3) is 4.41. The fraction of sp³-hybridized carbons (Fsp3) is 0.938. The fourth-order valence-corrected chi connectivity index (χ4v) is 3.67. The first-order valence-corrected chi connectivity index (χ1v) is 8.45. The van der Waals surface area contributed by atoms with Gasteiger partial charge in [0.25, 0.3) is 0 Å². The number of nitrogens with one attached hydrogen (secondary N) is 1. The van der Waals surface area contributed by atoms with Gasteiger partial charge < -0.3 is 15.3 Å². The third-order valence-corrected chi connectivity index (χ3v) is 4.86. The maximum absolute atomic E-state index is 12.7. The molecule has 2 unspecified atom stereocenters. The molecule has 0 aromatic heterocycles. The molecular formula is C16H31N3O2. The van der Waals surface area contributed by atoms with E-state index in [2.05, 4.69) is 29.0 Å². The van der Waals surface area contributed by atoms with Gasteiger partial charge in [-0.2, -0.15) is 0 Å². The number of carbonyl (C=O) groups excluding carboxylic acids is 1. The lowest BCUT2D eigenvalue weighted by Crippen LogP contribution is -2.57. The second-order valence-corrected chi connectivity index (χ2v) is 6.77. The van der Waals surface area contributed by atoms with Crippen molar-refractivity contribution in [2.24, 2.45) is 5.92 Å². The molecule has 0 aliphatic carbocycles. The van der Waals surface area contributed by atoms with Crippen LogP contribution in [0.25, 0.3) is 0 Å². The van der Waals surface area contributed by atoms with Gasteiger partial charge in [0.2, 0.25) is 5.91 Å². The average molecular weight is 297 g/mol. The Morgan fingerprint density at radius 1 is 1.43 bits per heavy atom. The quantitative estimate of drug-likeness (QED) is 0.801. The SMILES string of the molecule is CCC1CN(C(=O)[C@H]2CCN[C@@H](C)C2)CCN1CC(C)O. The molecule has 2 N–H and O–H groups in total. The number of amides is 1. The Balaban J connectivity index is 1.91. The molecule has 0 aromatic carbocycles. The van der Waals surface area contributed by atoms with Crippen molar-refractivity contribution >= 4 is 5.91 Å². The van der Waals surface area contributed by atoms with Gasteiger partial charge in [0, 0.05) is 44.2 Å². The summed E-state index contributed by atoms with van der Waals surface area (Å²) in [4.78, 5) is 17.1. The van der Waals surface area contributed by atoms with Crippen LogP contribution in [-0.4, -0.2) is 71.7 Å². The second kappa shape index (κ2) is 7.56. The predicted molar refractivity (Wildman–Crippen MR) is 84.1 cm³/mol. The van der Waals surface area contributed by atoms with E-state index in [0.717, 1.165) is 45.4 Å². The number of nitrogens with zero attached hydrogens (tertiary/aromatic N) is 2. The topological polar surface area (TPSA) is 55.8 Å². The summed E-state index contributed by atoms with van der Waals surface area (Å²) in [7, 11) is 0. The lowest BCUT2D eigenvalue weighted by atomic mass is 9.91. The minimum Gasteiger partial charge on any atom is -0.392 e. The van der Waals surface area contributed by atoms with Gasteiger partial charge in [0.05, 0.1) is 6.10 Å². The van der Waals surface area contributed by atoms with Crippen molar-refractivity contribution in [1.82, 2.24) is 15.1 Å². The van der Waals surface area contributed by atoms with Gasteiger partial charge in [-0.3, -0.25) is 9.69 Å². The molecule has 2 rings (SSSR count). The molecule has 5 heteroatoms. The predicted octanol–water partition coefficient (Wildman–Crippen LogP) is 0.678. The number of piperazine rings is 1. The van der Waals surface area contributed by atoms with Gasteiger partial charge in [-0.15, -0.1) is 0 Å². The van der Waals surface area contributed by atoms with E-state index in [-0.39, 0.29) is 12.0 Å². The monoisotopic (exact) mass is 297 g/mol. The maximum Gasteiger partial charge on any atom is 0.225 e. The molecule has 2 fully saturated rings. The summed E-state index contributed by atoms with van der Waals surface area (Å²) >= 11 is 0. The Hall–Kier alpha value is -0.650. The Morgan fingerprint density at radius 2 is 2.19 bits per heavy atom. The molecule has 122 valence electrons. The first kappa shape index (κ1) is 16.7. The van der Waals surface area contributed by atoms with E-state index in [1.165, 1.54) is 0 Å². The smallest absolute Gasteiger partial charge is 0.225 e. The van der Waals surface area contributed by atoms with Crippen LogP contribution in [0.1, 0.15) is 40.0 Å². The largest absolute Gasteiger partial charge is 0.392 e. The number of aliphatic hydroxyl groups excluding tert-OH is 1. The lowest BCUT2D eigenvalue weighted by Gasteiger charge is -2.43. The van der Waals surface area contributed by atoms with E-state index in [1.54, 1.807) is 0 Å². The Morgan fingerprint density at radius 3 is 2.81 bits per heavy atom. The van der Waals surface area contributed by atoms with Gasteiger partial charge in [0.15, 0.2) is 0 Å². The summed E-state index contributed by atoms with van der Waals surface area (Å²) in [6, 6.07) is 0.836. The second-order valence-electron chi connectivity index (χ2n) is 6.77. The van der Waals surface area contributed by atoms with E-state index in [1.807, 2.05) is 6.92 Å². The number of piperidine rings is 1. The number of carbonyl (C=O) groups is 1. The molecule has 2 aliphatic rings. The van der Waals surface area contributed by atoms with Crippen molar-refractivity contribution in [3.05, 3.63) is 0 Å². The summed E-state index contributed by atoms with van der Waals surface area (Å²) < 4.78 is 0. The van der Waals surface area contributed by atoms with Gasteiger partial charge in [-0.05, 0) is 39.7 Å². The van der Waals surface area contributed by atoms with Crippen LogP contribution < -0.4 is 5.32 Å². The van der Waals surface area contributed by atoms with Crippen molar-refractivity contribution < 1.29 is 9.90 Å². The molecule has 2 heterocycles.